The quantitative estimate of drug-likeness (QED) is 0.808. The Kier molecular flexibility index (Phi) is 3.30. The maximum atomic E-state index is 6.10. The molecule has 0 aliphatic carbocycles. The van der Waals surface area contributed by atoms with Gasteiger partial charge in [-0.25, -0.2) is 0 Å². The number of halogens is 1. The van der Waals surface area contributed by atoms with Gasteiger partial charge in [0.1, 0.15) is 5.75 Å². The Hall–Kier alpha value is -2.00. The summed E-state index contributed by atoms with van der Waals surface area (Å²) in [6.07, 6.45) is 1.81. The number of nitrogens with zero attached hydrogens (tertiary/aromatic N) is 2. The molecule has 0 fully saturated rings. The fourth-order valence-corrected chi connectivity index (χ4v) is 3.32. The molecule has 2 aromatic rings. The lowest BCUT2D eigenvalue weighted by Gasteiger charge is -2.37. The average molecular weight is 313 g/mol. The Bertz CT molecular complexity index is 726. The average Bonchev–Trinajstić information content (AvgIpc) is 3.00. The van der Waals surface area contributed by atoms with Crippen LogP contribution in [0.1, 0.15) is 36.9 Å². The first-order valence-electron chi connectivity index (χ1n) is 7.63. The van der Waals surface area contributed by atoms with Gasteiger partial charge in [0, 0.05) is 23.4 Å². The highest BCUT2D eigenvalue weighted by Crippen LogP contribution is 2.43. The molecular weight excluding hydrogens is 296 g/mol. The number of rotatable bonds is 2. The molecule has 2 aliphatic heterocycles. The summed E-state index contributed by atoms with van der Waals surface area (Å²) in [5.41, 5.74) is 3.45. The van der Waals surface area contributed by atoms with Gasteiger partial charge >= 0.3 is 0 Å². The van der Waals surface area contributed by atoms with E-state index in [1.54, 1.807) is 0 Å². The zero-order valence-corrected chi connectivity index (χ0v) is 13.1. The molecule has 3 nitrogen and oxygen atoms in total. The van der Waals surface area contributed by atoms with E-state index >= 15 is 0 Å². The Labute approximate surface area is 135 Å². The van der Waals surface area contributed by atoms with Crippen LogP contribution in [0.2, 0.25) is 5.02 Å². The van der Waals surface area contributed by atoms with Gasteiger partial charge < -0.3 is 4.74 Å². The number of hydrogen-bond donors (Lipinski definition) is 0. The van der Waals surface area contributed by atoms with E-state index in [0.717, 1.165) is 34.9 Å². The first-order valence-corrected chi connectivity index (χ1v) is 8.01. The predicted octanol–water partition coefficient (Wildman–Crippen LogP) is 4.62. The highest BCUT2D eigenvalue weighted by Gasteiger charge is 2.39. The lowest BCUT2D eigenvalue weighted by molar-refractivity contribution is -0.0188. The van der Waals surface area contributed by atoms with E-state index < -0.39 is 0 Å². The molecule has 2 heterocycles. The molecule has 0 unspecified atom stereocenters. The Morgan fingerprint density at radius 2 is 1.95 bits per heavy atom. The topological polar surface area (TPSA) is 24.8 Å². The molecule has 2 aliphatic rings. The fourth-order valence-electron chi connectivity index (χ4n) is 3.20. The first kappa shape index (κ1) is 13.6. The SMILES string of the molecule is CC[C@H]1Oc2ccccc2[C@@H]2CC(c3ccc(Cl)cc3)=NN12. The summed E-state index contributed by atoms with van der Waals surface area (Å²) in [6.45, 7) is 2.13. The molecule has 0 N–H and O–H groups in total. The van der Waals surface area contributed by atoms with Gasteiger partial charge in [-0.1, -0.05) is 48.9 Å². The minimum Gasteiger partial charge on any atom is -0.469 e. The van der Waals surface area contributed by atoms with Crippen molar-refractivity contribution >= 4 is 17.3 Å². The largest absolute Gasteiger partial charge is 0.469 e. The second-order valence-corrected chi connectivity index (χ2v) is 6.11. The number of benzene rings is 2. The van der Waals surface area contributed by atoms with Gasteiger partial charge in [0.15, 0.2) is 6.23 Å². The van der Waals surface area contributed by atoms with Crippen LogP contribution in [0.5, 0.6) is 5.75 Å². The van der Waals surface area contributed by atoms with Gasteiger partial charge in [-0.3, -0.25) is 5.01 Å². The highest BCUT2D eigenvalue weighted by atomic mass is 35.5. The van der Waals surface area contributed by atoms with Gasteiger partial charge in [0.2, 0.25) is 0 Å². The molecule has 4 heteroatoms. The standard InChI is InChI=1S/C18H17ClN2O/c1-2-18-21-16(14-5-3-4-6-17(14)22-18)11-15(20-21)12-7-9-13(19)10-8-12/h3-10,16,18H,2,11H2,1H3/t16-,18+/m0/s1. The van der Waals surface area contributed by atoms with E-state index in [4.69, 9.17) is 21.4 Å². The minimum atomic E-state index is 0.00435. The van der Waals surface area contributed by atoms with E-state index in [1.807, 2.05) is 30.3 Å². The monoisotopic (exact) mass is 312 g/mol. The van der Waals surface area contributed by atoms with Crippen LogP contribution in [0, 0.1) is 0 Å². The summed E-state index contributed by atoms with van der Waals surface area (Å²) < 4.78 is 6.10. The molecule has 0 aromatic heterocycles. The summed E-state index contributed by atoms with van der Waals surface area (Å²) in [5.74, 6) is 0.989. The van der Waals surface area contributed by atoms with Gasteiger partial charge in [-0.2, -0.15) is 5.10 Å². The number of hydrogen-bond acceptors (Lipinski definition) is 3. The Morgan fingerprint density at radius 1 is 1.18 bits per heavy atom. The molecule has 22 heavy (non-hydrogen) atoms. The number of para-hydroxylation sites is 1. The third kappa shape index (κ3) is 2.17. The zero-order valence-electron chi connectivity index (χ0n) is 12.4. The Morgan fingerprint density at radius 3 is 2.73 bits per heavy atom. The third-order valence-corrected chi connectivity index (χ3v) is 4.56. The van der Waals surface area contributed by atoms with Crippen molar-refractivity contribution in [1.29, 1.82) is 0 Å². The van der Waals surface area contributed by atoms with Crippen molar-refractivity contribution in [2.24, 2.45) is 5.10 Å². The molecule has 0 spiro atoms. The second-order valence-electron chi connectivity index (χ2n) is 5.67. The molecule has 0 radical (unpaired) electrons. The maximum Gasteiger partial charge on any atom is 0.187 e. The number of fused-ring (bicyclic) bond motifs is 3. The minimum absolute atomic E-state index is 0.00435. The van der Waals surface area contributed by atoms with Crippen LogP contribution in [0.25, 0.3) is 0 Å². The molecule has 0 bridgehead atoms. The van der Waals surface area contributed by atoms with Crippen LogP contribution in [-0.2, 0) is 0 Å². The molecule has 0 saturated carbocycles. The van der Waals surface area contributed by atoms with Gasteiger partial charge in [0.25, 0.3) is 0 Å². The van der Waals surface area contributed by atoms with Gasteiger partial charge in [-0.15, -0.1) is 0 Å². The predicted molar refractivity (Wildman–Crippen MR) is 88.3 cm³/mol. The van der Waals surface area contributed by atoms with Crippen molar-refractivity contribution in [3.63, 3.8) is 0 Å². The molecule has 0 saturated heterocycles. The van der Waals surface area contributed by atoms with E-state index in [9.17, 15) is 0 Å². The highest BCUT2D eigenvalue weighted by molar-refractivity contribution is 6.30. The van der Waals surface area contributed by atoms with Crippen molar-refractivity contribution in [2.45, 2.75) is 32.0 Å². The van der Waals surface area contributed by atoms with E-state index in [-0.39, 0.29) is 12.3 Å². The first-order chi connectivity index (χ1) is 10.8. The van der Waals surface area contributed by atoms with Crippen LogP contribution in [0.3, 0.4) is 0 Å². The molecule has 4 rings (SSSR count). The summed E-state index contributed by atoms with van der Waals surface area (Å²) in [7, 11) is 0. The summed E-state index contributed by atoms with van der Waals surface area (Å²) in [4.78, 5) is 0. The zero-order chi connectivity index (χ0) is 15.1. The van der Waals surface area contributed by atoms with Crippen molar-refractivity contribution in [3.05, 3.63) is 64.7 Å². The molecule has 0 amide bonds. The van der Waals surface area contributed by atoms with Crippen LogP contribution in [-0.4, -0.2) is 16.9 Å². The van der Waals surface area contributed by atoms with Crippen molar-refractivity contribution < 1.29 is 4.74 Å². The number of ether oxygens (including phenoxy) is 1. The van der Waals surface area contributed by atoms with Crippen molar-refractivity contribution in [3.8, 4) is 5.75 Å². The molecular formula is C18H17ClN2O. The Balaban J connectivity index is 1.72. The van der Waals surface area contributed by atoms with Crippen molar-refractivity contribution in [2.75, 3.05) is 0 Å². The lowest BCUT2D eigenvalue weighted by atomic mass is 9.96. The van der Waals surface area contributed by atoms with E-state index in [1.165, 1.54) is 5.56 Å². The fraction of sp³-hybridized carbons (Fsp3) is 0.278. The van der Waals surface area contributed by atoms with E-state index in [2.05, 4.69) is 30.1 Å². The summed E-state index contributed by atoms with van der Waals surface area (Å²) in [6, 6.07) is 16.4. The number of hydrazone groups is 1. The summed E-state index contributed by atoms with van der Waals surface area (Å²) in [5, 5.41) is 7.71. The summed E-state index contributed by atoms with van der Waals surface area (Å²) >= 11 is 5.98. The lowest BCUT2D eigenvalue weighted by Crippen LogP contribution is -2.39. The van der Waals surface area contributed by atoms with Crippen LogP contribution >= 0.6 is 11.6 Å². The van der Waals surface area contributed by atoms with Crippen molar-refractivity contribution in [1.82, 2.24) is 5.01 Å². The van der Waals surface area contributed by atoms with Crippen LogP contribution in [0.15, 0.2) is 53.6 Å². The maximum absolute atomic E-state index is 6.10. The third-order valence-electron chi connectivity index (χ3n) is 4.30. The van der Waals surface area contributed by atoms with Gasteiger partial charge in [0.05, 0.1) is 11.8 Å². The normalized spacial score (nSPS) is 22.6. The van der Waals surface area contributed by atoms with Gasteiger partial charge in [-0.05, 0) is 23.8 Å². The van der Waals surface area contributed by atoms with E-state index in [0.29, 0.717) is 0 Å². The van der Waals surface area contributed by atoms with Crippen LogP contribution < -0.4 is 4.74 Å². The molecule has 2 atom stereocenters. The second kappa shape index (κ2) is 5.33. The molecule has 112 valence electrons. The molecule has 2 aromatic carbocycles. The smallest absolute Gasteiger partial charge is 0.187 e. The van der Waals surface area contributed by atoms with Crippen LogP contribution in [0.4, 0.5) is 0 Å².